The lowest BCUT2D eigenvalue weighted by Gasteiger charge is -2.05. The van der Waals surface area contributed by atoms with Crippen molar-refractivity contribution in [1.29, 1.82) is 0 Å². The Labute approximate surface area is 111 Å². The molecule has 7 nitrogen and oxygen atoms in total. The average molecular weight is 319 g/mol. The Balaban J connectivity index is 3.42. The first-order valence-electron chi connectivity index (χ1n) is 4.87. The van der Waals surface area contributed by atoms with Crippen LogP contribution in [0, 0.1) is 0 Å². The summed E-state index contributed by atoms with van der Waals surface area (Å²) in [5.74, 6) is -1.78. The van der Waals surface area contributed by atoms with Gasteiger partial charge in [-0.1, -0.05) is 15.9 Å². The van der Waals surface area contributed by atoms with Gasteiger partial charge in [-0.05, 0) is 0 Å². The predicted molar refractivity (Wildman–Crippen MR) is 63.8 cm³/mol. The summed E-state index contributed by atoms with van der Waals surface area (Å²) in [7, 11) is 1.19. The van der Waals surface area contributed by atoms with E-state index in [9.17, 15) is 14.4 Å². The minimum absolute atomic E-state index is 0.0687. The first-order chi connectivity index (χ1) is 8.42. The zero-order valence-corrected chi connectivity index (χ0v) is 11.6. The number of halogens is 1. The molecular formula is C10H11BrN2O5. The molecular weight excluding hydrogens is 308 g/mol. The normalized spacial score (nSPS) is 10.0. The van der Waals surface area contributed by atoms with Crippen molar-refractivity contribution in [3.63, 3.8) is 0 Å². The molecule has 0 aliphatic rings. The lowest BCUT2D eigenvalue weighted by Crippen LogP contribution is -2.14. The van der Waals surface area contributed by atoms with Crippen LogP contribution in [0.25, 0.3) is 0 Å². The van der Waals surface area contributed by atoms with Crippen LogP contribution >= 0.6 is 15.9 Å². The third-order valence-corrected chi connectivity index (χ3v) is 2.53. The van der Waals surface area contributed by atoms with Crippen molar-refractivity contribution in [2.45, 2.75) is 19.2 Å². The van der Waals surface area contributed by atoms with Gasteiger partial charge in [0.15, 0.2) is 5.69 Å². The quantitative estimate of drug-likeness (QED) is 0.613. The van der Waals surface area contributed by atoms with Gasteiger partial charge in [0.1, 0.15) is 0 Å². The predicted octanol–water partition coefficient (Wildman–Crippen LogP) is 1.15. The van der Waals surface area contributed by atoms with Crippen molar-refractivity contribution in [3.8, 4) is 6.01 Å². The zero-order chi connectivity index (χ0) is 13.9. The van der Waals surface area contributed by atoms with Gasteiger partial charge in [-0.3, -0.25) is 9.59 Å². The molecule has 0 fully saturated rings. The molecule has 0 N–H and O–H groups in total. The highest BCUT2D eigenvalue weighted by atomic mass is 79.9. The Bertz CT molecular complexity index is 509. The Kier molecular flexibility index (Phi) is 4.60. The van der Waals surface area contributed by atoms with Gasteiger partial charge in [-0.25, -0.2) is 9.36 Å². The van der Waals surface area contributed by atoms with E-state index in [1.807, 2.05) is 0 Å². The number of nitrogens with zero attached hydrogens (tertiary/aromatic N) is 2. The number of hydrogen-bond donors (Lipinski definition) is 0. The molecule has 0 saturated carbocycles. The SMILES string of the molecule is COC(=O)c1nc(OC(C)=O)n(C(C)=O)c1CBr. The molecule has 0 amide bonds. The maximum Gasteiger partial charge on any atom is 0.358 e. The minimum atomic E-state index is -0.710. The molecule has 0 saturated heterocycles. The molecule has 0 aliphatic heterocycles. The van der Waals surface area contributed by atoms with Gasteiger partial charge in [-0.2, -0.15) is 4.98 Å². The summed E-state index contributed by atoms with van der Waals surface area (Å²) in [5.41, 5.74) is 0.200. The Morgan fingerprint density at radius 3 is 2.33 bits per heavy atom. The first kappa shape index (κ1) is 14.4. The molecule has 8 heteroatoms. The van der Waals surface area contributed by atoms with E-state index in [0.717, 1.165) is 4.57 Å². The van der Waals surface area contributed by atoms with Crippen LogP contribution in [0.5, 0.6) is 6.01 Å². The second-order valence-electron chi connectivity index (χ2n) is 3.26. The molecule has 1 aromatic rings. The van der Waals surface area contributed by atoms with Gasteiger partial charge in [-0.15, -0.1) is 0 Å². The van der Waals surface area contributed by atoms with Crippen LogP contribution in [0.15, 0.2) is 0 Å². The van der Waals surface area contributed by atoms with Crippen molar-refractivity contribution >= 4 is 33.8 Å². The Hall–Kier alpha value is -1.70. The van der Waals surface area contributed by atoms with Crippen molar-refractivity contribution in [2.75, 3.05) is 7.11 Å². The maximum absolute atomic E-state index is 11.5. The molecule has 0 spiro atoms. The molecule has 0 unspecified atom stereocenters. The summed E-state index contributed by atoms with van der Waals surface area (Å²) in [6.07, 6.45) is 0. The van der Waals surface area contributed by atoms with Gasteiger partial charge < -0.3 is 9.47 Å². The van der Waals surface area contributed by atoms with Crippen molar-refractivity contribution in [3.05, 3.63) is 11.4 Å². The van der Waals surface area contributed by atoms with E-state index in [1.165, 1.54) is 21.0 Å². The highest BCUT2D eigenvalue weighted by Gasteiger charge is 2.26. The van der Waals surface area contributed by atoms with E-state index >= 15 is 0 Å². The second kappa shape index (κ2) is 5.76. The fourth-order valence-electron chi connectivity index (χ4n) is 1.34. The summed E-state index contributed by atoms with van der Waals surface area (Å²) >= 11 is 3.14. The minimum Gasteiger partial charge on any atom is -0.464 e. The third kappa shape index (κ3) is 2.76. The number of rotatable bonds is 3. The van der Waals surface area contributed by atoms with Crippen LogP contribution < -0.4 is 4.74 Å². The van der Waals surface area contributed by atoms with Gasteiger partial charge in [0.2, 0.25) is 5.91 Å². The number of carbonyl (C=O) groups excluding carboxylic acids is 3. The van der Waals surface area contributed by atoms with Crippen LogP contribution in [-0.2, 0) is 14.9 Å². The van der Waals surface area contributed by atoms with E-state index in [4.69, 9.17) is 4.74 Å². The van der Waals surface area contributed by atoms with Crippen LogP contribution in [0.1, 0.15) is 34.8 Å². The summed E-state index contributed by atoms with van der Waals surface area (Å²) in [4.78, 5) is 37.7. The van der Waals surface area contributed by atoms with E-state index in [-0.39, 0.29) is 22.7 Å². The molecule has 18 heavy (non-hydrogen) atoms. The van der Waals surface area contributed by atoms with Crippen LogP contribution in [0.3, 0.4) is 0 Å². The fourth-order valence-corrected chi connectivity index (χ4v) is 1.85. The topological polar surface area (TPSA) is 87.5 Å². The maximum atomic E-state index is 11.5. The molecule has 0 bridgehead atoms. The number of ether oxygens (including phenoxy) is 2. The summed E-state index contributed by atoms with van der Waals surface area (Å²) < 4.78 is 10.4. The number of imidazole rings is 1. The second-order valence-corrected chi connectivity index (χ2v) is 3.82. The molecule has 1 rings (SSSR count). The lowest BCUT2D eigenvalue weighted by atomic mass is 10.3. The van der Waals surface area contributed by atoms with Crippen LogP contribution in [0.2, 0.25) is 0 Å². The largest absolute Gasteiger partial charge is 0.464 e. The lowest BCUT2D eigenvalue weighted by molar-refractivity contribution is -0.132. The van der Waals surface area contributed by atoms with Crippen LogP contribution in [-0.4, -0.2) is 34.5 Å². The highest BCUT2D eigenvalue weighted by Crippen LogP contribution is 2.21. The van der Waals surface area contributed by atoms with E-state index in [0.29, 0.717) is 0 Å². The van der Waals surface area contributed by atoms with Gasteiger partial charge >= 0.3 is 17.9 Å². The molecule has 0 radical (unpaired) electrons. The molecule has 98 valence electrons. The molecule has 0 aromatic carbocycles. The number of methoxy groups -OCH3 is 1. The summed E-state index contributed by atoms with van der Waals surface area (Å²) in [6, 6.07) is -0.246. The Morgan fingerprint density at radius 2 is 1.94 bits per heavy atom. The van der Waals surface area contributed by atoms with Gasteiger partial charge in [0.05, 0.1) is 12.8 Å². The van der Waals surface area contributed by atoms with E-state index < -0.39 is 17.8 Å². The molecule has 0 atom stereocenters. The molecule has 1 heterocycles. The van der Waals surface area contributed by atoms with Crippen molar-refractivity contribution in [1.82, 2.24) is 9.55 Å². The van der Waals surface area contributed by atoms with Crippen molar-refractivity contribution < 1.29 is 23.9 Å². The number of carbonyl (C=O) groups is 3. The van der Waals surface area contributed by atoms with E-state index in [1.54, 1.807) is 0 Å². The average Bonchev–Trinajstić information content (AvgIpc) is 2.65. The van der Waals surface area contributed by atoms with Gasteiger partial charge in [0.25, 0.3) is 0 Å². The molecule has 1 aromatic heterocycles. The Morgan fingerprint density at radius 1 is 1.33 bits per heavy atom. The number of hydrogen-bond acceptors (Lipinski definition) is 6. The smallest absolute Gasteiger partial charge is 0.358 e. The zero-order valence-electron chi connectivity index (χ0n) is 10.0. The number of esters is 2. The molecule has 0 aliphatic carbocycles. The standard InChI is InChI=1S/C10H11BrN2O5/c1-5(14)13-7(4-11)8(9(16)17-3)12-10(13)18-6(2)15/h4H2,1-3H3. The fraction of sp³-hybridized carbons (Fsp3) is 0.400. The van der Waals surface area contributed by atoms with Crippen molar-refractivity contribution in [2.24, 2.45) is 0 Å². The number of alkyl halides is 1. The first-order valence-corrected chi connectivity index (χ1v) is 5.99. The monoisotopic (exact) mass is 318 g/mol. The summed E-state index contributed by atoms with van der Waals surface area (Å²) in [6.45, 7) is 2.44. The van der Waals surface area contributed by atoms with E-state index in [2.05, 4.69) is 25.7 Å². The number of aromatic nitrogens is 2. The third-order valence-electron chi connectivity index (χ3n) is 2.00. The highest BCUT2D eigenvalue weighted by molar-refractivity contribution is 9.08. The van der Waals surface area contributed by atoms with Gasteiger partial charge in [0, 0.05) is 19.2 Å². The summed E-state index contributed by atoms with van der Waals surface area (Å²) in [5, 5.41) is 0.186. The van der Waals surface area contributed by atoms with Crippen LogP contribution in [0.4, 0.5) is 0 Å².